The maximum Gasteiger partial charge on any atom is 0.269 e. The van der Waals surface area contributed by atoms with E-state index in [1.807, 2.05) is 0 Å². The van der Waals surface area contributed by atoms with E-state index in [1.54, 1.807) is 46.2 Å². The number of nitrogens with zero attached hydrogens (tertiary/aromatic N) is 4. The first-order valence-corrected chi connectivity index (χ1v) is 9.46. The van der Waals surface area contributed by atoms with Crippen LogP contribution in [-0.4, -0.2) is 25.5 Å². The van der Waals surface area contributed by atoms with Gasteiger partial charge in [0.25, 0.3) is 5.69 Å². The minimum absolute atomic E-state index is 0.0352. The van der Waals surface area contributed by atoms with Crippen molar-refractivity contribution in [3.05, 3.63) is 84.6 Å². The lowest BCUT2D eigenvalue weighted by Gasteiger charge is -2.18. The van der Waals surface area contributed by atoms with Gasteiger partial charge in [-0.15, -0.1) is 10.6 Å². The Morgan fingerprint density at radius 2 is 1.93 bits per heavy atom. The zero-order valence-corrected chi connectivity index (χ0v) is 16.9. The van der Waals surface area contributed by atoms with Gasteiger partial charge in [0.1, 0.15) is 4.64 Å². The Balaban J connectivity index is 1.61. The first-order valence-electron chi connectivity index (χ1n) is 8.29. The van der Waals surface area contributed by atoms with E-state index in [4.69, 9.17) is 35.4 Å². The van der Waals surface area contributed by atoms with Crippen molar-refractivity contribution in [1.82, 2.24) is 25.9 Å². The van der Waals surface area contributed by atoms with Crippen molar-refractivity contribution in [3.8, 4) is 5.69 Å². The van der Waals surface area contributed by atoms with Crippen molar-refractivity contribution < 1.29 is 4.92 Å². The number of H-pyrrole nitrogens is 1. The monoisotopic (exact) mass is 449 g/mol. The molecule has 0 bridgehead atoms. The number of non-ortho nitro benzene ring substituents is 1. The summed E-state index contributed by atoms with van der Waals surface area (Å²) in [6.07, 6.45) is 1.72. The minimum atomic E-state index is -0.435. The summed E-state index contributed by atoms with van der Waals surface area (Å²) in [4.78, 5) is 10.4. The maximum atomic E-state index is 10.8. The smallest absolute Gasteiger partial charge is 0.269 e. The summed E-state index contributed by atoms with van der Waals surface area (Å²) in [6.45, 7) is 0.404. The van der Waals surface area contributed by atoms with E-state index in [2.05, 4.69) is 21.3 Å². The summed E-state index contributed by atoms with van der Waals surface area (Å²) in [7, 11) is 0. The number of nitro benzene ring substituents is 1. The van der Waals surface area contributed by atoms with Crippen LogP contribution in [0.2, 0.25) is 10.0 Å². The Morgan fingerprint density at radius 3 is 2.66 bits per heavy atom. The van der Waals surface area contributed by atoms with Gasteiger partial charge in [-0.1, -0.05) is 47.6 Å². The molecule has 2 heterocycles. The van der Waals surface area contributed by atoms with Gasteiger partial charge >= 0.3 is 0 Å². The van der Waals surface area contributed by atoms with Crippen LogP contribution in [0.3, 0.4) is 0 Å². The fourth-order valence-corrected chi connectivity index (χ4v) is 3.51. The summed E-state index contributed by atoms with van der Waals surface area (Å²) in [5.74, 6) is 0.557. The van der Waals surface area contributed by atoms with Crippen molar-refractivity contribution in [3.63, 3.8) is 0 Å². The molecule has 0 radical (unpaired) electrons. The number of benzene rings is 2. The molecule has 1 aliphatic rings. The zero-order valence-electron chi connectivity index (χ0n) is 14.6. The molecule has 0 spiro atoms. The van der Waals surface area contributed by atoms with E-state index in [-0.39, 0.29) is 5.69 Å². The molecule has 3 aromatic rings. The number of aromatic amines is 1. The zero-order chi connectivity index (χ0) is 20.5. The largest absolute Gasteiger partial charge is 0.299 e. The van der Waals surface area contributed by atoms with Crippen LogP contribution in [-0.2, 0) is 6.54 Å². The Hall–Kier alpha value is -2.92. The predicted octanol–water partition coefficient (Wildman–Crippen LogP) is 3.94. The molecule has 29 heavy (non-hydrogen) atoms. The molecule has 3 N–H and O–H groups in total. The summed E-state index contributed by atoms with van der Waals surface area (Å²) >= 11 is 18.0. The number of aromatic nitrogens is 2. The molecule has 12 heteroatoms. The van der Waals surface area contributed by atoms with Crippen LogP contribution in [0.25, 0.3) is 5.69 Å². The normalized spacial score (nSPS) is 13.3. The van der Waals surface area contributed by atoms with Crippen LogP contribution >= 0.6 is 35.4 Å². The van der Waals surface area contributed by atoms with E-state index >= 15 is 0 Å². The number of hydrazone groups is 1. The Bertz CT molecular complexity index is 1170. The molecular weight excluding hydrogens is 437 g/mol. The van der Waals surface area contributed by atoms with Gasteiger partial charge in [-0.05, 0) is 23.8 Å². The molecule has 148 valence electrons. The number of rotatable bonds is 5. The molecule has 0 atom stereocenters. The van der Waals surface area contributed by atoms with Crippen LogP contribution < -0.4 is 11.1 Å². The highest BCUT2D eigenvalue weighted by Gasteiger charge is 2.23. The third-order valence-electron chi connectivity index (χ3n) is 4.25. The number of halogens is 2. The van der Waals surface area contributed by atoms with Crippen molar-refractivity contribution in [1.29, 1.82) is 0 Å². The SMILES string of the molecule is O=[N+]([O-])c1ccc(CN2NNN=C2c2c[nH]n(-c3cc(Cl)ccc3Cl)c2=S)cc1. The number of nitro groups is 1. The Kier molecular flexibility index (Phi) is 5.24. The van der Waals surface area contributed by atoms with Crippen LogP contribution in [0, 0.1) is 14.8 Å². The lowest BCUT2D eigenvalue weighted by molar-refractivity contribution is -0.384. The molecule has 0 fully saturated rings. The molecule has 9 nitrogen and oxygen atoms in total. The first-order chi connectivity index (χ1) is 13.9. The van der Waals surface area contributed by atoms with Gasteiger partial charge in [-0.2, -0.15) is 0 Å². The molecule has 0 unspecified atom stereocenters. The maximum absolute atomic E-state index is 10.8. The summed E-state index contributed by atoms with van der Waals surface area (Å²) in [6, 6.07) is 11.4. The van der Waals surface area contributed by atoms with Gasteiger partial charge in [0.15, 0.2) is 5.84 Å². The van der Waals surface area contributed by atoms with Crippen LogP contribution in [0.15, 0.2) is 53.8 Å². The number of hydrazine groups is 2. The third-order valence-corrected chi connectivity index (χ3v) is 5.21. The van der Waals surface area contributed by atoms with Crippen LogP contribution in [0.1, 0.15) is 11.1 Å². The summed E-state index contributed by atoms with van der Waals surface area (Å²) in [5, 5.41) is 20.9. The van der Waals surface area contributed by atoms with Crippen molar-refractivity contribution in [2.45, 2.75) is 6.54 Å². The second kappa shape index (κ2) is 7.84. The van der Waals surface area contributed by atoms with Gasteiger partial charge in [0, 0.05) is 23.4 Å². The third kappa shape index (κ3) is 3.83. The fourth-order valence-electron chi connectivity index (χ4n) is 2.84. The van der Waals surface area contributed by atoms with E-state index in [9.17, 15) is 10.1 Å². The lowest BCUT2D eigenvalue weighted by Crippen LogP contribution is -2.40. The first kappa shape index (κ1) is 19.4. The molecule has 0 aliphatic carbocycles. The summed E-state index contributed by atoms with van der Waals surface area (Å²) in [5.41, 5.74) is 7.80. The van der Waals surface area contributed by atoms with Crippen molar-refractivity contribution in [2.75, 3.05) is 0 Å². The molecule has 1 aromatic heterocycles. The fraction of sp³-hybridized carbons (Fsp3) is 0.0588. The molecule has 0 amide bonds. The summed E-state index contributed by atoms with van der Waals surface area (Å²) < 4.78 is 2.11. The number of hydrogen-bond acceptors (Lipinski definition) is 7. The number of amidine groups is 1. The van der Waals surface area contributed by atoms with Gasteiger partial charge < -0.3 is 0 Å². The highest BCUT2D eigenvalue weighted by molar-refractivity contribution is 7.71. The van der Waals surface area contributed by atoms with E-state index in [0.29, 0.717) is 38.3 Å². The Labute approximate surface area is 179 Å². The quantitative estimate of drug-likeness (QED) is 0.309. The number of hydrogen-bond donors (Lipinski definition) is 3. The lowest BCUT2D eigenvalue weighted by atomic mass is 10.2. The molecule has 1 aliphatic heterocycles. The van der Waals surface area contributed by atoms with Crippen LogP contribution in [0.4, 0.5) is 5.69 Å². The van der Waals surface area contributed by atoms with E-state index in [1.165, 1.54) is 12.1 Å². The Morgan fingerprint density at radius 1 is 1.17 bits per heavy atom. The average molecular weight is 450 g/mol. The van der Waals surface area contributed by atoms with E-state index in [0.717, 1.165) is 5.56 Å². The molecule has 0 saturated carbocycles. The molecule has 0 saturated heterocycles. The average Bonchev–Trinajstić information content (AvgIpc) is 3.30. The minimum Gasteiger partial charge on any atom is -0.299 e. The van der Waals surface area contributed by atoms with Crippen LogP contribution in [0.5, 0.6) is 0 Å². The van der Waals surface area contributed by atoms with Crippen molar-refractivity contribution in [2.24, 2.45) is 5.10 Å². The standard InChI is InChI=1S/C17H13Cl2N7O2S/c18-11-3-6-14(19)15(7-11)25-17(29)13(8-20-25)16-21-22-23-24(16)9-10-1-4-12(5-2-10)26(27)28/h1-8,20,22-23H,9H2. The topological polar surface area (TPSA) is 104 Å². The molecule has 4 rings (SSSR count). The second-order valence-corrected chi connectivity index (χ2v) is 7.32. The van der Waals surface area contributed by atoms with E-state index < -0.39 is 4.92 Å². The van der Waals surface area contributed by atoms with Gasteiger partial charge in [0.2, 0.25) is 0 Å². The second-order valence-electron chi connectivity index (χ2n) is 6.09. The molecular formula is C17H13Cl2N7O2S. The molecule has 2 aromatic carbocycles. The van der Waals surface area contributed by atoms with Gasteiger partial charge in [-0.3, -0.25) is 20.2 Å². The highest BCUT2D eigenvalue weighted by atomic mass is 35.5. The van der Waals surface area contributed by atoms with Gasteiger partial charge in [0.05, 0.1) is 27.7 Å². The van der Waals surface area contributed by atoms with Crippen molar-refractivity contribution >= 4 is 46.9 Å². The number of nitrogens with one attached hydrogen (secondary N) is 3. The van der Waals surface area contributed by atoms with Gasteiger partial charge in [-0.25, -0.2) is 10.2 Å². The highest BCUT2D eigenvalue weighted by Crippen LogP contribution is 2.25. The predicted molar refractivity (Wildman–Crippen MR) is 112 cm³/mol.